The molecule has 0 spiro atoms. The van der Waals surface area contributed by atoms with Gasteiger partial charge in [-0.3, -0.25) is 9.59 Å². The second-order valence-corrected chi connectivity index (χ2v) is 11.5. The van der Waals surface area contributed by atoms with E-state index in [1.807, 2.05) is 95.6 Å². The van der Waals surface area contributed by atoms with E-state index in [2.05, 4.69) is 0 Å². The van der Waals surface area contributed by atoms with Gasteiger partial charge in [-0.15, -0.1) is 0 Å². The van der Waals surface area contributed by atoms with E-state index in [0.717, 1.165) is 33.6 Å². The molecule has 2 heterocycles. The Morgan fingerprint density at radius 2 is 1.44 bits per heavy atom. The van der Waals surface area contributed by atoms with Crippen LogP contribution in [0.4, 0.5) is 0 Å². The van der Waals surface area contributed by atoms with Crippen molar-refractivity contribution in [2.75, 3.05) is 14.1 Å². The average molecular weight is 599 g/mol. The SMILES string of the molecule is CN(C)C(=O)[C@@H]1Cc2c(ncn2Cc2ccc(-c3ccccc3C(=O)O)cc2)CN1C(=O)C(c1ccccc1)c1ccccc1. The second-order valence-electron chi connectivity index (χ2n) is 11.5. The molecule has 1 aliphatic heterocycles. The Hall–Kier alpha value is -5.50. The molecular weight excluding hydrogens is 564 g/mol. The summed E-state index contributed by atoms with van der Waals surface area (Å²) in [4.78, 5) is 47.7. The van der Waals surface area contributed by atoms with Gasteiger partial charge in [0, 0.05) is 32.8 Å². The molecule has 0 saturated heterocycles. The molecule has 0 fully saturated rings. The normalized spacial score (nSPS) is 14.2. The number of amides is 2. The van der Waals surface area contributed by atoms with E-state index in [1.165, 1.54) is 0 Å². The predicted molar refractivity (Wildman–Crippen MR) is 172 cm³/mol. The molecule has 0 saturated carbocycles. The molecule has 1 atom stereocenters. The Kier molecular flexibility index (Phi) is 8.29. The van der Waals surface area contributed by atoms with E-state index in [9.17, 15) is 19.5 Å². The lowest BCUT2D eigenvalue weighted by Crippen LogP contribution is -2.53. The topological polar surface area (TPSA) is 95.7 Å². The fourth-order valence-corrected chi connectivity index (χ4v) is 6.11. The number of likely N-dealkylation sites (N-methyl/N-ethyl adjacent to an activating group) is 1. The minimum atomic E-state index is -0.965. The number of carbonyl (C=O) groups is 3. The Morgan fingerprint density at radius 3 is 2.04 bits per heavy atom. The highest BCUT2D eigenvalue weighted by Gasteiger charge is 2.40. The quantitative estimate of drug-likeness (QED) is 0.256. The van der Waals surface area contributed by atoms with E-state index >= 15 is 0 Å². The van der Waals surface area contributed by atoms with Crippen LogP contribution in [0.25, 0.3) is 11.1 Å². The van der Waals surface area contributed by atoms with Gasteiger partial charge in [-0.25, -0.2) is 9.78 Å². The van der Waals surface area contributed by atoms with Gasteiger partial charge in [0.25, 0.3) is 0 Å². The summed E-state index contributed by atoms with van der Waals surface area (Å²) in [7, 11) is 3.43. The van der Waals surface area contributed by atoms with Crippen LogP contribution in [0.2, 0.25) is 0 Å². The molecule has 8 nitrogen and oxygen atoms in total. The molecule has 1 aromatic heterocycles. The molecule has 226 valence electrons. The molecule has 8 heteroatoms. The number of imidazole rings is 1. The van der Waals surface area contributed by atoms with Gasteiger partial charge in [-0.2, -0.15) is 0 Å². The molecular formula is C37H34N4O4. The van der Waals surface area contributed by atoms with Gasteiger partial charge in [0.15, 0.2) is 0 Å². The lowest BCUT2D eigenvalue weighted by molar-refractivity contribution is -0.146. The van der Waals surface area contributed by atoms with Gasteiger partial charge in [0.2, 0.25) is 11.8 Å². The smallest absolute Gasteiger partial charge is 0.336 e. The Balaban J connectivity index is 1.30. The fraction of sp³-hybridized carbons (Fsp3) is 0.189. The van der Waals surface area contributed by atoms with E-state index in [0.29, 0.717) is 18.5 Å². The monoisotopic (exact) mass is 598 g/mol. The van der Waals surface area contributed by atoms with Crippen LogP contribution < -0.4 is 0 Å². The molecule has 45 heavy (non-hydrogen) atoms. The van der Waals surface area contributed by atoms with Gasteiger partial charge in [0.1, 0.15) is 6.04 Å². The molecule has 1 aliphatic rings. The van der Waals surface area contributed by atoms with Crippen LogP contribution in [0.15, 0.2) is 116 Å². The van der Waals surface area contributed by atoms with Crippen molar-refractivity contribution in [3.8, 4) is 11.1 Å². The molecule has 0 bridgehead atoms. The van der Waals surface area contributed by atoms with Crippen molar-refractivity contribution < 1.29 is 19.5 Å². The zero-order valence-corrected chi connectivity index (χ0v) is 25.2. The molecule has 0 unspecified atom stereocenters. The van der Waals surface area contributed by atoms with Crippen LogP contribution in [-0.2, 0) is 29.1 Å². The first-order valence-electron chi connectivity index (χ1n) is 14.9. The number of benzene rings is 4. The number of fused-ring (bicyclic) bond motifs is 1. The largest absolute Gasteiger partial charge is 0.478 e. The number of hydrogen-bond acceptors (Lipinski definition) is 4. The Labute approximate surface area is 262 Å². The van der Waals surface area contributed by atoms with Crippen molar-refractivity contribution in [3.63, 3.8) is 0 Å². The highest BCUT2D eigenvalue weighted by molar-refractivity contribution is 5.96. The summed E-state index contributed by atoms with van der Waals surface area (Å²) in [5.74, 6) is -1.79. The fourth-order valence-electron chi connectivity index (χ4n) is 6.11. The van der Waals surface area contributed by atoms with Crippen molar-refractivity contribution in [3.05, 3.63) is 149 Å². The number of carbonyl (C=O) groups excluding carboxylic acids is 2. The first-order chi connectivity index (χ1) is 21.8. The number of aromatic nitrogens is 2. The third-order valence-corrected chi connectivity index (χ3v) is 8.41. The molecule has 5 aromatic rings. The van der Waals surface area contributed by atoms with Gasteiger partial charge < -0.3 is 19.5 Å². The van der Waals surface area contributed by atoms with Crippen LogP contribution in [0.1, 0.15) is 44.4 Å². The number of hydrogen-bond donors (Lipinski definition) is 1. The van der Waals surface area contributed by atoms with Crippen LogP contribution in [0, 0.1) is 0 Å². The van der Waals surface area contributed by atoms with Gasteiger partial charge in [-0.1, -0.05) is 103 Å². The van der Waals surface area contributed by atoms with Crippen LogP contribution in [0.3, 0.4) is 0 Å². The highest BCUT2D eigenvalue weighted by atomic mass is 16.4. The highest BCUT2D eigenvalue weighted by Crippen LogP contribution is 2.32. The molecule has 6 rings (SSSR count). The van der Waals surface area contributed by atoms with Crippen molar-refractivity contribution in [1.29, 1.82) is 0 Å². The predicted octanol–water partition coefficient (Wildman–Crippen LogP) is 5.47. The zero-order valence-electron chi connectivity index (χ0n) is 25.2. The minimum Gasteiger partial charge on any atom is -0.478 e. The Morgan fingerprint density at radius 1 is 0.844 bits per heavy atom. The maximum atomic E-state index is 14.4. The third-order valence-electron chi connectivity index (χ3n) is 8.41. The number of carboxylic acids is 1. The minimum absolute atomic E-state index is 0.134. The Bertz CT molecular complexity index is 1790. The molecule has 1 N–H and O–H groups in total. The summed E-state index contributed by atoms with van der Waals surface area (Å²) in [6, 6.07) is 33.4. The summed E-state index contributed by atoms with van der Waals surface area (Å²) < 4.78 is 2.04. The number of carboxylic acid groups (broad SMARTS) is 1. The van der Waals surface area contributed by atoms with Crippen LogP contribution in [-0.4, -0.2) is 62.4 Å². The van der Waals surface area contributed by atoms with Gasteiger partial charge in [-0.05, 0) is 33.9 Å². The lowest BCUT2D eigenvalue weighted by Gasteiger charge is -2.38. The van der Waals surface area contributed by atoms with Gasteiger partial charge >= 0.3 is 5.97 Å². The van der Waals surface area contributed by atoms with E-state index in [-0.39, 0.29) is 23.9 Å². The third kappa shape index (κ3) is 5.99. The molecule has 2 amide bonds. The maximum absolute atomic E-state index is 14.4. The van der Waals surface area contributed by atoms with Crippen LogP contribution in [0.5, 0.6) is 0 Å². The number of rotatable bonds is 8. The summed E-state index contributed by atoms with van der Waals surface area (Å²) in [5.41, 5.74) is 6.19. The lowest BCUT2D eigenvalue weighted by atomic mass is 9.88. The maximum Gasteiger partial charge on any atom is 0.336 e. The van der Waals surface area contributed by atoms with Crippen molar-refractivity contribution in [2.45, 2.75) is 31.5 Å². The van der Waals surface area contributed by atoms with Crippen molar-refractivity contribution >= 4 is 17.8 Å². The molecule has 0 aliphatic carbocycles. The second kappa shape index (κ2) is 12.6. The van der Waals surface area contributed by atoms with Gasteiger partial charge in [0.05, 0.1) is 30.0 Å². The van der Waals surface area contributed by atoms with Crippen LogP contribution >= 0.6 is 0 Å². The van der Waals surface area contributed by atoms with Crippen molar-refractivity contribution in [1.82, 2.24) is 19.4 Å². The summed E-state index contributed by atoms with van der Waals surface area (Å²) in [6.45, 7) is 0.753. The molecule has 0 radical (unpaired) electrons. The zero-order chi connectivity index (χ0) is 31.5. The summed E-state index contributed by atoms with van der Waals surface area (Å²) in [6.07, 6.45) is 2.12. The molecule has 4 aromatic carbocycles. The number of aromatic carboxylic acids is 1. The summed E-state index contributed by atoms with van der Waals surface area (Å²) in [5, 5.41) is 9.60. The van der Waals surface area contributed by atoms with E-state index in [4.69, 9.17) is 4.98 Å². The van der Waals surface area contributed by atoms with E-state index < -0.39 is 17.9 Å². The standard InChI is InChI=1S/C37H34N4O4/c1-39(2)35(42)33-21-32-31(23-41(33)36(43)34(27-11-5-3-6-12-27)28-13-7-4-8-14-28)38-24-40(32)22-25-17-19-26(20-18-25)29-15-9-10-16-30(29)37(44)45/h3-20,24,33-34H,21-23H2,1-2H3,(H,44,45)/t33-/m0/s1. The van der Waals surface area contributed by atoms with Crippen molar-refractivity contribution in [2.24, 2.45) is 0 Å². The number of nitrogens with zero attached hydrogens (tertiary/aromatic N) is 4. The van der Waals surface area contributed by atoms with E-state index in [1.54, 1.807) is 48.4 Å². The average Bonchev–Trinajstić information content (AvgIpc) is 3.46. The summed E-state index contributed by atoms with van der Waals surface area (Å²) >= 11 is 0. The first-order valence-corrected chi connectivity index (χ1v) is 14.9. The first kappa shape index (κ1) is 29.6.